The number of rotatable bonds is 14. The molecule has 0 radical (unpaired) electrons. The van der Waals surface area contributed by atoms with Crippen molar-refractivity contribution in [3.63, 3.8) is 0 Å². The first kappa shape index (κ1) is 25.8. The highest BCUT2D eigenvalue weighted by atomic mass is 16.4. The number of nitrogens with zero attached hydrogens (tertiary/aromatic N) is 1. The average Bonchev–Trinajstić information content (AvgIpc) is 3.20. The third kappa shape index (κ3) is 8.64. The molecule has 1 aliphatic heterocycles. The van der Waals surface area contributed by atoms with Crippen molar-refractivity contribution in [2.75, 3.05) is 26.2 Å². The number of carbonyl (C=O) groups excluding carboxylic acids is 3. The van der Waals surface area contributed by atoms with Gasteiger partial charge in [0.15, 0.2) is 0 Å². The van der Waals surface area contributed by atoms with Crippen LogP contribution >= 0.6 is 0 Å². The van der Waals surface area contributed by atoms with Crippen LogP contribution in [-0.2, 0) is 19.2 Å². The highest BCUT2D eigenvalue weighted by molar-refractivity contribution is 5.94. The lowest BCUT2D eigenvalue weighted by Crippen LogP contribution is -2.55. The third-order valence-electron chi connectivity index (χ3n) is 5.12. The second-order valence-corrected chi connectivity index (χ2v) is 7.54. The molecule has 30 heavy (non-hydrogen) atoms. The Morgan fingerprint density at radius 1 is 1.03 bits per heavy atom. The Kier molecular flexibility index (Phi) is 11.9. The van der Waals surface area contributed by atoms with Crippen molar-refractivity contribution >= 4 is 23.7 Å². The molecule has 1 aliphatic rings. The molecule has 0 aliphatic carbocycles. The average molecular weight is 429 g/mol. The van der Waals surface area contributed by atoms with E-state index < -0.39 is 42.5 Å². The number of carbonyl (C=O) groups is 4. The van der Waals surface area contributed by atoms with Gasteiger partial charge in [0.05, 0.1) is 6.04 Å². The number of nitrogens with one attached hydrogen (secondary N) is 2. The number of carboxylic acid groups (broad SMARTS) is 1. The lowest BCUT2D eigenvalue weighted by Gasteiger charge is -2.29. The van der Waals surface area contributed by atoms with Gasteiger partial charge in [-0.15, -0.1) is 0 Å². The van der Waals surface area contributed by atoms with Gasteiger partial charge >= 0.3 is 5.97 Å². The van der Waals surface area contributed by atoms with E-state index in [1.807, 2.05) is 0 Å². The van der Waals surface area contributed by atoms with E-state index in [-0.39, 0.29) is 5.91 Å². The number of hydrogen-bond acceptors (Lipinski definition) is 7. The summed E-state index contributed by atoms with van der Waals surface area (Å²) in [4.78, 5) is 50.1. The Morgan fingerprint density at radius 3 is 2.27 bits per heavy atom. The number of carboxylic acids is 1. The second-order valence-electron chi connectivity index (χ2n) is 7.54. The lowest BCUT2D eigenvalue weighted by atomic mass is 10.0. The predicted molar refractivity (Wildman–Crippen MR) is 111 cm³/mol. The Balaban J connectivity index is 2.79. The lowest BCUT2D eigenvalue weighted by molar-refractivity contribution is -0.143. The Bertz CT molecular complexity index is 588. The first-order chi connectivity index (χ1) is 14.3. The van der Waals surface area contributed by atoms with Crippen LogP contribution in [0.25, 0.3) is 0 Å². The molecular weight excluding hydrogens is 392 g/mol. The maximum Gasteiger partial charge on any atom is 0.322 e. The molecule has 1 saturated heterocycles. The van der Waals surface area contributed by atoms with Crippen molar-refractivity contribution in [2.24, 2.45) is 17.2 Å². The third-order valence-corrected chi connectivity index (χ3v) is 5.12. The molecule has 11 nitrogen and oxygen atoms in total. The fourth-order valence-electron chi connectivity index (χ4n) is 3.45. The van der Waals surface area contributed by atoms with Crippen molar-refractivity contribution in [3.8, 4) is 0 Å². The molecule has 3 unspecified atom stereocenters. The summed E-state index contributed by atoms with van der Waals surface area (Å²) in [6.45, 7) is 0.855. The highest BCUT2D eigenvalue weighted by Crippen LogP contribution is 2.20. The molecule has 11 heteroatoms. The van der Waals surface area contributed by atoms with Gasteiger partial charge in [0.1, 0.15) is 18.6 Å². The quantitative estimate of drug-likeness (QED) is 0.175. The van der Waals surface area contributed by atoms with E-state index in [2.05, 4.69) is 10.6 Å². The first-order valence-corrected chi connectivity index (χ1v) is 10.6. The molecule has 1 heterocycles. The smallest absolute Gasteiger partial charge is 0.322 e. The summed E-state index contributed by atoms with van der Waals surface area (Å²) in [6.07, 6.45) is 4.74. The van der Waals surface area contributed by atoms with E-state index in [0.29, 0.717) is 58.2 Å². The predicted octanol–water partition coefficient (Wildman–Crippen LogP) is -1.75. The van der Waals surface area contributed by atoms with E-state index in [1.165, 1.54) is 4.90 Å². The summed E-state index contributed by atoms with van der Waals surface area (Å²) in [5.74, 6) is -2.43. The van der Waals surface area contributed by atoms with Crippen molar-refractivity contribution in [3.05, 3.63) is 0 Å². The number of unbranched alkanes of at least 4 members (excludes halogenated alkanes) is 2. The van der Waals surface area contributed by atoms with Crippen LogP contribution in [0.15, 0.2) is 0 Å². The largest absolute Gasteiger partial charge is 0.480 e. The van der Waals surface area contributed by atoms with Crippen LogP contribution in [0.4, 0.5) is 0 Å². The van der Waals surface area contributed by atoms with Crippen molar-refractivity contribution in [2.45, 2.75) is 69.5 Å². The summed E-state index contributed by atoms with van der Waals surface area (Å²) in [7, 11) is 0. The van der Waals surface area contributed by atoms with Crippen molar-refractivity contribution in [1.29, 1.82) is 0 Å². The molecule has 1 rings (SSSR count). The number of nitrogens with two attached hydrogens (primary N) is 3. The van der Waals surface area contributed by atoms with Gasteiger partial charge in [-0.25, -0.2) is 0 Å². The van der Waals surface area contributed by atoms with Crippen LogP contribution in [-0.4, -0.2) is 78.0 Å². The topological polar surface area (TPSA) is 194 Å². The van der Waals surface area contributed by atoms with Crippen LogP contribution in [0.2, 0.25) is 0 Å². The fourth-order valence-corrected chi connectivity index (χ4v) is 3.45. The van der Waals surface area contributed by atoms with Crippen LogP contribution < -0.4 is 27.8 Å². The van der Waals surface area contributed by atoms with Gasteiger partial charge in [-0.3, -0.25) is 19.2 Å². The molecule has 3 amide bonds. The molecule has 0 aromatic heterocycles. The normalized spacial score (nSPS) is 18.0. The van der Waals surface area contributed by atoms with Gasteiger partial charge in [0, 0.05) is 6.54 Å². The zero-order valence-electron chi connectivity index (χ0n) is 17.5. The number of likely N-dealkylation sites (tertiary alicyclic amines) is 1. The van der Waals surface area contributed by atoms with Crippen LogP contribution in [0, 0.1) is 0 Å². The SMILES string of the molecule is NCCCCC(N)C(=O)NC(CCCCN)C(=O)N1CCCC1C(=O)NCC(=O)O. The summed E-state index contributed by atoms with van der Waals surface area (Å²) in [6, 6.07) is -2.30. The molecule has 0 aromatic rings. The van der Waals surface area contributed by atoms with Gasteiger partial charge in [-0.1, -0.05) is 6.42 Å². The van der Waals surface area contributed by atoms with Crippen LogP contribution in [0.1, 0.15) is 51.4 Å². The van der Waals surface area contributed by atoms with E-state index in [9.17, 15) is 19.2 Å². The van der Waals surface area contributed by atoms with E-state index in [0.717, 1.165) is 12.8 Å². The molecule has 1 fully saturated rings. The van der Waals surface area contributed by atoms with Crippen LogP contribution in [0.5, 0.6) is 0 Å². The molecule has 172 valence electrons. The van der Waals surface area contributed by atoms with Gasteiger partial charge in [0.25, 0.3) is 0 Å². The van der Waals surface area contributed by atoms with Gasteiger partial charge in [0.2, 0.25) is 17.7 Å². The first-order valence-electron chi connectivity index (χ1n) is 10.6. The zero-order valence-corrected chi connectivity index (χ0v) is 17.5. The summed E-state index contributed by atoms with van der Waals surface area (Å²) in [5.41, 5.74) is 16.9. The van der Waals surface area contributed by atoms with Gasteiger partial charge < -0.3 is 37.8 Å². The van der Waals surface area contributed by atoms with E-state index in [1.54, 1.807) is 0 Å². The second kappa shape index (κ2) is 13.9. The van der Waals surface area contributed by atoms with E-state index >= 15 is 0 Å². The summed E-state index contributed by atoms with van der Waals surface area (Å²) in [5, 5.41) is 13.8. The van der Waals surface area contributed by atoms with E-state index in [4.69, 9.17) is 22.3 Å². The Hall–Kier alpha value is -2.24. The minimum Gasteiger partial charge on any atom is -0.480 e. The molecule has 0 aromatic carbocycles. The Labute approximate surface area is 177 Å². The van der Waals surface area contributed by atoms with Crippen molar-refractivity contribution in [1.82, 2.24) is 15.5 Å². The maximum atomic E-state index is 13.1. The number of hydrogen-bond donors (Lipinski definition) is 6. The number of aliphatic carboxylic acids is 1. The molecule has 0 bridgehead atoms. The monoisotopic (exact) mass is 428 g/mol. The summed E-state index contributed by atoms with van der Waals surface area (Å²) >= 11 is 0. The van der Waals surface area contributed by atoms with Crippen LogP contribution in [0.3, 0.4) is 0 Å². The Morgan fingerprint density at radius 2 is 1.67 bits per heavy atom. The maximum absolute atomic E-state index is 13.1. The molecule has 0 saturated carbocycles. The summed E-state index contributed by atoms with van der Waals surface area (Å²) < 4.78 is 0. The standard InChI is InChI=1S/C19H36N6O5/c20-9-3-1-6-13(22)17(28)24-14(7-2-4-10-21)19(30)25-11-5-8-15(25)18(29)23-12-16(26)27/h13-15H,1-12,20-22H2,(H,23,29)(H,24,28)(H,26,27). The van der Waals surface area contributed by atoms with Gasteiger partial charge in [-0.05, 0) is 58.0 Å². The fraction of sp³-hybridized carbons (Fsp3) is 0.789. The number of amides is 3. The minimum absolute atomic E-state index is 0.359. The van der Waals surface area contributed by atoms with Gasteiger partial charge in [-0.2, -0.15) is 0 Å². The molecular formula is C19H36N6O5. The minimum atomic E-state index is -1.16. The highest BCUT2D eigenvalue weighted by Gasteiger charge is 2.37. The molecule has 3 atom stereocenters. The zero-order chi connectivity index (χ0) is 22.5. The van der Waals surface area contributed by atoms with Crippen molar-refractivity contribution < 1.29 is 24.3 Å². The molecule has 0 spiro atoms. The molecule has 9 N–H and O–H groups in total.